The number of rotatable bonds is 4. The van der Waals surface area contributed by atoms with Gasteiger partial charge in [0.05, 0.1) is 0 Å². The predicted octanol–water partition coefficient (Wildman–Crippen LogP) is 12.6. The summed E-state index contributed by atoms with van der Waals surface area (Å²) in [5.74, 6) is 0. The molecule has 9 rings (SSSR count). The SMILES string of the molecule is c1ccc(-c2cccc(N(c3ccc4c(ccc5ccc6ccccc6c54)c3)c3ccc4ccc5ccccc5c4c3)c2)cc1. The van der Waals surface area contributed by atoms with Crippen molar-refractivity contribution in [1.29, 1.82) is 0 Å². The molecule has 0 aromatic heterocycles. The Labute approximate surface area is 262 Å². The number of anilines is 3. The molecule has 0 bridgehead atoms. The number of nitrogens with zero attached hydrogens (tertiary/aromatic N) is 1. The summed E-state index contributed by atoms with van der Waals surface area (Å²) in [5, 5.41) is 12.7. The van der Waals surface area contributed by atoms with E-state index in [9.17, 15) is 0 Å². The van der Waals surface area contributed by atoms with Gasteiger partial charge in [0.15, 0.2) is 0 Å². The number of benzene rings is 9. The smallest absolute Gasteiger partial charge is 0.0468 e. The van der Waals surface area contributed by atoms with Crippen LogP contribution in [0.2, 0.25) is 0 Å². The molecule has 0 aliphatic carbocycles. The van der Waals surface area contributed by atoms with Crippen LogP contribution in [0.25, 0.3) is 65.0 Å². The van der Waals surface area contributed by atoms with Gasteiger partial charge in [-0.05, 0) is 101 Å². The second kappa shape index (κ2) is 10.4. The Hall–Kier alpha value is -5.92. The van der Waals surface area contributed by atoms with Gasteiger partial charge in [0, 0.05) is 17.1 Å². The summed E-state index contributed by atoms with van der Waals surface area (Å²) in [6.45, 7) is 0. The van der Waals surface area contributed by atoms with Gasteiger partial charge in [-0.1, -0.05) is 140 Å². The third-order valence-electron chi connectivity index (χ3n) is 9.17. The van der Waals surface area contributed by atoms with Crippen molar-refractivity contribution in [3.8, 4) is 11.1 Å². The van der Waals surface area contributed by atoms with E-state index in [4.69, 9.17) is 0 Å². The Morgan fingerprint density at radius 2 is 0.800 bits per heavy atom. The zero-order chi connectivity index (χ0) is 29.7. The number of fused-ring (bicyclic) bond motifs is 8. The van der Waals surface area contributed by atoms with Crippen LogP contribution < -0.4 is 4.90 Å². The lowest BCUT2D eigenvalue weighted by Crippen LogP contribution is -2.10. The molecule has 0 fully saturated rings. The first kappa shape index (κ1) is 25.6. The Kier molecular flexibility index (Phi) is 5.89. The van der Waals surface area contributed by atoms with E-state index < -0.39 is 0 Å². The lowest BCUT2D eigenvalue weighted by molar-refractivity contribution is 1.29. The minimum Gasteiger partial charge on any atom is -0.310 e. The zero-order valence-electron chi connectivity index (χ0n) is 24.7. The first-order valence-electron chi connectivity index (χ1n) is 15.5. The topological polar surface area (TPSA) is 3.24 Å². The van der Waals surface area contributed by atoms with E-state index in [1.165, 1.54) is 65.0 Å². The summed E-state index contributed by atoms with van der Waals surface area (Å²) < 4.78 is 0. The Balaban J connectivity index is 1.29. The average Bonchev–Trinajstić information content (AvgIpc) is 3.12. The zero-order valence-corrected chi connectivity index (χ0v) is 24.7. The predicted molar refractivity (Wildman–Crippen MR) is 194 cm³/mol. The molecular weight excluding hydrogens is 542 g/mol. The maximum absolute atomic E-state index is 2.40. The van der Waals surface area contributed by atoms with Crippen molar-refractivity contribution in [2.75, 3.05) is 4.90 Å². The highest BCUT2D eigenvalue weighted by Gasteiger charge is 2.16. The molecule has 0 atom stereocenters. The maximum atomic E-state index is 2.40. The van der Waals surface area contributed by atoms with Crippen LogP contribution in [-0.2, 0) is 0 Å². The van der Waals surface area contributed by atoms with E-state index in [1.807, 2.05) is 0 Å². The molecule has 0 saturated carbocycles. The van der Waals surface area contributed by atoms with Crippen molar-refractivity contribution in [2.24, 2.45) is 0 Å². The van der Waals surface area contributed by atoms with E-state index in [0.717, 1.165) is 17.1 Å². The van der Waals surface area contributed by atoms with Gasteiger partial charge < -0.3 is 4.90 Å². The van der Waals surface area contributed by atoms with Crippen LogP contribution in [0, 0.1) is 0 Å². The quantitative estimate of drug-likeness (QED) is 0.190. The molecule has 0 saturated heterocycles. The van der Waals surface area contributed by atoms with Crippen molar-refractivity contribution in [2.45, 2.75) is 0 Å². The molecule has 0 spiro atoms. The molecule has 1 heteroatoms. The van der Waals surface area contributed by atoms with Crippen LogP contribution in [0.4, 0.5) is 17.1 Å². The lowest BCUT2D eigenvalue weighted by Gasteiger charge is -2.27. The molecule has 1 nitrogen and oxygen atoms in total. The summed E-state index contributed by atoms with van der Waals surface area (Å²) in [7, 11) is 0. The largest absolute Gasteiger partial charge is 0.310 e. The van der Waals surface area contributed by atoms with Gasteiger partial charge in [-0.25, -0.2) is 0 Å². The molecule has 210 valence electrons. The highest BCUT2D eigenvalue weighted by atomic mass is 15.1. The summed E-state index contributed by atoms with van der Waals surface area (Å²) in [6.07, 6.45) is 0. The van der Waals surface area contributed by atoms with Gasteiger partial charge in [0.1, 0.15) is 0 Å². The van der Waals surface area contributed by atoms with E-state index in [-0.39, 0.29) is 0 Å². The fraction of sp³-hybridized carbons (Fsp3) is 0. The second-order valence-electron chi connectivity index (χ2n) is 11.8. The van der Waals surface area contributed by atoms with Crippen molar-refractivity contribution >= 4 is 70.9 Å². The normalized spacial score (nSPS) is 11.6. The maximum Gasteiger partial charge on any atom is 0.0468 e. The van der Waals surface area contributed by atoms with Gasteiger partial charge in [-0.2, -0.15) is 0 Å². The molecule has 0 aliphatic rings. The van der Waals surface area contributed by atoms with Gasteiger partial charge in [-0.3, -0.25) is 0 Å². The number of hydrogen-bond acceptors (Lipinski definition) is 1. The highest BCUT2D eigenvalue weighted by Crippen LogP contribution is 2.41. The number of hydrogen-bond donors (Lipinski definition) is 0. The molecule has 0 amide bonds. The molecule has 0 heterocycles. The molecule has 9 aromatic carbocycles. The molecule has 0 aliphatic heterocycles. The van der Waals surface area contributed by atoms with Crippen LogP contribution in [0.1, 0.15) is 0 Å². The standard InChI is InChI=1S/C44H29N/c1-2-9-30(10-3-1)35-13-8-14-37(27-35)45(39-24-23-33-18-17-31-11-4-6-15-40(31)43(33)29-39)38-25-26-42-36(28-38)22-21-34-20-19-32-12-5-7-16-41(32)44(34)42/h1-29H. The lowest BCUT2D eigenvalue weighted by atomic mass is 9.96. The van der Waals surface area contributed by atoms with Gasteiger partial charge >= 0.3 is 0 Å². The van der Waals surface area contributed by atoms with E-state index >= 15 is 0 Å². The van der Waals surface area contributed by atoms with Crippen molar-refractivity contribution in [3.05, 3.63) is 176 Å². The molecule has 0 unspecified atom stereocenters. The first-order chi connectivity index (χ1) is 22.3. The fourth-order valence-corrected chi connectivity index (χ4v) is 6.99. The average molecular weight is 572 g/mol. The van der Waals surface area contributed by atoms with Crippen LogP contribution in [0.3, 0.4) is 0 Å². The minimum absolute atomic E-state index is 1.13. The summed E-state index contributed by atoms with van der Waals surface area (Å²) >= 11 is 0. The van der Waals surface area contributed by atoms with Crippen LogP contribution in [0.15, 0.2) is 176 Å². The van der Waals surface area contributed by atoms with E-state index in [1.54, 1.807) is 0 Å². The summed E-state index contributed by atoms with van der Waals surface area (Å²) in [4.78, 5) is 2.40. The minimum atomic E-state index is 1.13. The third-order valence-corrected chi connectivity index (χ3v) is 9.17. The van der Waals surface area contributed by atoms with Crippen LogP contribution >= 0.6 is 0 Å². The van der Waals surface area contributed by atoms with Crippen molar-refractivity contribution in [1.82, 2.24) is 0 Å². The molecule has 0 N–H and O–H groups in total. The van der Waals surface area contributed by atoms with Crippen molar-refractivity contribution in [3.63, 3.8) is 0 Å². The Bertz CT molecular complexity index is 2550. The van der Waals surface area contributed by atoms with E-state index in [0.29, 0.717) is 0 Å². The Morgan fingerprint density at radius 3 is 1.62 bits per heavy atom. The first-order valence-corrected chi connectivity index (χ1v) is 15.5. The highest BCUT2D eigenvalue weighted by molar-refractivity contribution is 6.20. The third kappa shape index (κ3) is 4.32. The van der Waals surface area contributed by atoms with Crippen LogP contribution in [0.5, 0.6) is 0 Å². The Morgan fingerprint density at radius 1 is 0.267 bits per heavy atom. The molecule has 9 aromatic rings. The monoisotopic (exact) mass is 571 g/mol. The van der Waals surface area contributed by atoms with Gasteiger partial charge in [-0.15, -0.1) is 0 Å². The molecule has 0 radical (unpaired) electrons. The summed E-state index contributed by atoms with van der Waals surface area (Å²) in [6, 6.07) is 64.1. The van der Waals surface area contributed by atoms with Gasteiger partial charge in [0.2, 0.25) is 0 Å². The summed E-state index contributed by atoms with van der Waals surface area (Å²) in [5.41, 5.74) is 5.80. The fourth-order valence-electron chi connectivity index (χ4n) is 6.99. The van der Waals surface area contributed by atoms with Crippen LogP contribution in [-0.4, -0.2) is 0 Å². The van der Waals surface area contributed by atoms with Crippen molar-refractivity contribution < 1.29 is 0 Å². The van der Waals surface area contributed by atoms with Gasteiger partial charge in [0.25, 0.3) is 0 Å². The molecule has 45 heavy (non-hydrogen) atoms. The second-order valence-corrected chi connectivity index (χ2v) is 11.8. The van der Waals surface area contributed by atoms with E-state index in [2.05, 4.69) is 181 Å². The molecular formula is C44H29N.